The van der Waals surface area contributed by atoms with Gasteiger partial charge in [-0.3, -0.25) is 4.79 Å². The van der Waals surface area contributed by atoms with Gasteiger partial charge in [-0.1, -0.05) is 29.3 Å². The van der Waals surface area contributed by atoms with Crippen molar-refractivity contribution < 1.29 is 4.79 Å². The Morgan fingerprint density at radius 3 is 2.78 bits per heavy atom. The first-order chi connectivity index (χ1) is 8.58. The number of pyridine rings is 2. The molecule has 0 amide bonds. The molecule has 0 aliphatic carbocycles. The van der Waals surface area contributed by atoms with E-state index in [1.807, 2.05) is 0 Å². The summed E-state index contributed by atoms with van der Waals surface area (Å²) in [4.78, 5) is 19.9. The van der Waals surface area contributed by atoms with E-state index < -0.39 is 0 Å². The minimum absolute atomic E-state index is 0.105. The predicted molar refractivity (Wildman–Crippen MR) is 70.9 cm³/mol. The normalized spacial score (nSPS) is 10.3. The standard InChI is InChI=1S/C12H9Cl2N3O/c13-8-5-9(14)11(17-6-8)10(18)4-7-2-1-3-16-12(7)15/h1-3,5-6H,4H2,(H2,15,16). The van der Waals surface area contributed by atoms with Crippen LogP contribution in [0.25, 0.3) is 0 Å². The smallest absolute Gasteiger partial charge is 0.187 e. The summed E-state index contributed by atoms with van der Waals surface area (Å²) in [5, 5.41) is 0.618. The first kappa shape index (κ1) is 12.8. The number of hydrogen-bond acceptors (Lipinski definition) is 4. The van der Waals surface area contributed by atoms with E-state index in [9.17, 15) is 4.79 Å². The molecule has 2 aromatic rings. The second-order valence-electron chi connectivity index (χ2n) is 3.63. The third kappa shape index (κ3) is 2.78. The molecule has 0 atom stereocenters. The fraction of sp³-hybridized carbons (Fsp3) is 0.0833. The Bertz CT molecular complexity index is 602. The average molecular weight is 282 g/mol. The second kappa shape index (κ2) is 5.33. The number of hydrogen-bond donors (Lipinski definition) is 1. The van der Waals surface area contributed by atoms with Gasteiger partial charge in [-0.25, -0.2) is 9.97 Å². The lowest BCUT2D eigenvalue weighted by atomic mass is 10.1. The summed E-state index contributed by atoms with van der Waals surface area (Å²) < 4.78 is 0. The molecule has 2 N–H and O–H groups in total. The van der Waals surface area contributed by atoms with Crippen molar-refractivity contribution in [3.8, 4) is 0 Å². The molecule has 2 aromatic heterocycles. The SMILES string of the molecule is Nc1ncccc1CC(=O)c1ncc(Cl)cc1Cl. The van der Waals surface area contributed by atoms with Gasteiger partial charge >= 0.3 is 0 Å². The van der Waals surface area contributed by atoms with E-state index in [2.05, 4.69) is 9.97 Å². The number of nitrogens with zero attached hydrogens (tertiary/aromatic N) is 2. The van der Waals surface area contributed by atoms with Crippen molar-refractivity contribution in [1.29, 1.82) is 0 Å². The molecule has 18 heavy (non-hydrogen) atoms. The molecular weight excluding hydrogens is 273 g/mol. The number of nitrogens with two attached hydrogens (primary N) is 1. The molecule has 0 radical (unpaired) electrons. The molecule has 0 saturated heterocycles. The van der Waals surface area contributed by atoms with Gasteiger partial charge in [0, 0.05) is 24.4 Å². The molecule has 2 rings (SSSR count). The van der Waals surface area contributed by atoms with Crippen LogP contribution in [0, 0.1) is 0 Å². The van der Waals surface area contributed by atoms with Crippen LogP contribution in [0.1, 0.15) is 16.1 Å². The molecule has 0 aliphatic heterocycles. The van der Waals surface area contributed by atoms with E-state index in [1.165, 1.54) is 12.3 Å². The number of rotatable bonds is 3. The third-order valence-electron chi connectivity index (χ3n) is 2.35. The zero-order valence-corrected chi connectivity index (χ0v) is 10.7. The van der Waals surface area contributed by atoms with Gasteiger partial charge in [-0.15, -0.1) is 0 Å². The van der Waals surface area contributed by atoms with Crippen LogP contribution in [0.2, 0.25) is 10.0 Å². The maximum absolute atomic E-state index is 12.0. The Morgan fingerprint density at radius 2 is 2.11 bits per heavy atom. The largest absolute Gasteiger partial charge is 0.383 e. The number of aromatic nitrogens is 2. The lowest BCUT2D eigenvalue weighted by Crippen LogP contribution is -2.09. The van der Waals surface area contributed by atoms with Crippen LogP contribution < -0.4 is 5.73 Å². The Balaban J connectivity index is 2.25. The van der Waals surface area contributed by atoms with Crippen LogP contribution in [0.3, 0.4) is 0 Å². The zero-order chi connectivity index (χ0) is 13.1. The Kier molecular flexibility index (Phi) is 3.79. The fourth-order valence-corrected chi connectivity index (χ4v) is 1.96. The molecule has 0 aliphatic rings. The summed E-state index contributed by atoms with van der Waals surface area (Å²) in [6.07, 6.45) is 3.05. The quantitative estimate of drug-likeness (QED) is 0.879. The highest BCUT2D eigenvalue weighted by Crippen LogP contribution is 2.20. The molecule has 4 nitrogen and oxygen atoms in total. The van der Waals surface area contributed by atoms with Crippen molar-refractivity contribution in [3.05, 3.63) is 51.9 Å². The minimum Gasteiger partial charge on any atom is -0.383 e. The molecule has 0 bridgehead atoms. The topological polar surface area (TPSA) is 68.9 Å². The molecule has 2 heterocycles. The maximum Gasteiger partial charge on any atom is 0.187 e. The number of halogens is 2. The minimum atomic E-state index is -0.226. The van der Waals surface area contributed by atoms with Crippen molar-refractivity contribution in [2.45, 2.75) is 6.42 Å². The third-order valence-corrected chi connectivity index (χ3v) is 2.84. The molecule has 92 valence electrons. The van der Waals surface area contributed by atoms with E-state index in [0.29, 0.717) is 16.4 Å². The van der Waals surface area contributed by atoms with Crippen molar-refractivity contribution in [2.75, 3.05) is 5.73 Å². The molecule has 0 spiro atoms. The molecule has 0 aromatic carbocycles. The van der Waals surface area contributed by atoms with E-state index in [0.717, 1.165) is 0 Å². The Labute approximate surface area is 114 Å². The predicted octanol–water partition coefficient (Wildman–Crippen LogP) is 2.79. The van der Waals surface area contributed by atoms with Crippen molar-refractivity contribution in [3.63, 3.8) is 0 Å². The van der Waals surface area contributed by atoms with Gasteiger partial charge in [0.15, 0.2) is 5.78 Å². The highest BCUT2D eigenvalue weighted by Gasteiger charge is 2.14. The zero-order valence-electron chi connectivity index (χ0n) is 9.23. The van der Waals surface area contributed by atoms with Crippen molar-refractivity contribution in [2.24, 2.45) is 0 Å². The van der Waals surface area contributed by atoms with Crippen LogP contribution in [-0.2, 0) is 6.42 Å². The molecular formula is C12H9Cl2N3O. The molecule has 0 saturated carbocycles. The van der Waals surface area contributed by atoms with Crippen LogP contribution in [0.5, 0.6) is 0 Å². The number of ketones is 1. The van der Waals surface area contributed by atoms with E-state index in [1.54, 1.807) is 18.3 Å². The monoisotopic (exact) mass is 281 g/mol. The highest BCUT2D eigenvalue weighted by molar-refractivity contribution is 6.36. The number of anilines is 1. The Hall–Kier alpha value is -1.65. The number of Topliss-reactive ketones (excluding diaryl/α,β-unsaturated/α-hetero) is 1. The van der Waals surface area contributed by atoms with Gasteiger partial charge in [0.2, 0.25) is 0 Å². The van der Waals surface area contributed by atoms with Crippen LogP contribution in [0.4, 0.5) is 5.82 Å². The fourth-order valence-electron chi connectivity index (χ4n) is 1.48. The van der Waals surface area contributed by atoms with E-state index in [-0.39, 0.29) is 22.9 Å². The Morgan fingerprint density at radius 1 is 1.33 bits per heavy atom. The molecule has 0 fully saturated rings. The van der Waals surface area contributed by atoms with Gasteiger partial charge in [0.1, 0.15) is 11.5 Å². The van der Waals surface area contributed by atoms with Gasteiger partial charge in [0.25, 0.3) is 0 Å². The van der Waals surface area contributed by atoms with Crippen molar-refractivity contribution >= 4 is 34.8 Å². The van der Waals surface area contributed by atoms with E-state index >= 15 is 0 Å². The first-order valence-electron chi connectivity index (χ1n) is 5.11. The highest BCUT2D eigenvalue weighted by atomic mass is 35.5. The second-order valence-corrected chi connectivity index (χ2v) is 4.48. The van der Waals surface area contributed by atoms with Crippen LogP contribution in [0.15, 0.2) is 30.6 Å². The number of nitrogen functional groups attached to an aromatic ring is 1. The van der Waals surface area contributed by atoms with Crippen LogP contribution in [-0.4, -0.2) is 15.8 Å². The summed E-state index contributed by atoms with van der Waals surface area (Å²) in [7, 11) is 0. The van der Waals surface area contributed by atoms with Gasteiger partial charge in [-0.2, -0.15) is 0 Å². The summed E-state index contributed by atoms with van der Waals surface area (Å²) in [5.41, 5.74) is 6.50. The van der Waals surface area contributed by atoms with Crippen LogP contribution >= 0.6 is 23.2 Å². The van der Waals surface area contributed by atoms with Crippen molar-refractivity contribution in [1.82, 2.24) is 9.97 Å². The summed E-state index contributed by atoms with van der Waals surface area (Å²) in [5.74, 6) is 0.104. The average Bonchev–Trinajstić information content (AvgIpc) is 2.32. The summed E-state index contributed by atoms with van der Waals surface area (Å²) >= 11 is 11.6. The lowest BCUT2D eigenvalue weighted by molar-refractivity contribution is 0.0988. The lowest BCUT2D eigenvalue weighted by Gasteiger charge is -2.05. The van der Waals surface area contributed by atoms with Gasteiger partial charge < -0.3 is 5.73 Å². The molecule has 6 heteroatoms. The first-order valence-corrected chi connectivity index (χ1v) is 5.87. The molecule has 0 unspecified atom stereocenters. The summed E-state index contributed by atoms with van der Waals surface area (Å²) in [6, 6.07) is 4.94. The number of carbonyl (C=O) groups is 1. The van der Waals surface area contributed by atoms with Gasteiger partial charge in [0.05, 0.1) is 10.0 Å². The number of carbonyl (C=O) groups excluding carboxylic acids is 1. The van der Waals surface area contributed by atoms with Gasteiger partial charge in [-0.05, 0) is 12.1 Å². The van der Waals surface area contributed by atoms with E-state index in [4.69, 9.17) is 28.9 Å². The maximum atomic E-state index is 12.0. The summed E-state index contributed by atoms with van der Waals surface area (Å²) in [6.45, 7) is 0.